The predicted octanol–water partition coefficient (Wildman–Crippen LogP) is 2.60. The van der Waals surface area contributed by atoms with Gasteiger partial charge in [-0.1, -0.05) is 15.9 Å². The molecule has 0 spiro atoms. The van der Waals surface area contributed by atoms with Crippen LogP contribution in [-0.4, -0.2) is 20.5 Å². The van der Waals surface area contributed by atoms with Crippen LogP contribution in [0.5, 0.6) is 11.5 Å². The summed E-state index contributed by atoms with van der Waals surface area (Å²) >= 11 is 3.37. The Bertz CT molecular complexity index is 325. The number of aldehydes is 1. The molecular formula is C11H13BrO3. The van der Waals surface area contributed by atoms with Gasteiger partial charge in [0.25, 0.3) is 0 Å². The van der Waals surface area contributed by atoms with Gasteiger partial charge in [0.15, 0.2) is 0 Å². The number of rotatable bonds is 5. The average Bonchev–Trinajstić information content (AvgIpc) is 2.26. The molecule has 1 aromatic carbocycles. The van der Waals surface area contributed by atoms with E-state index >= 15 is 0 Å². The van der Waals surface area contributed by atoms with E-state index < -0.39 is 0 Å². The molecule has 0 aliphatic carbocycles. The lowest BCUT2D eigenvalue weighted by atomic mass is 10.1. The van der Waals surface area contributed by atoms with Crippen LogP contribution in [0.15, 0.2) is 16.6 Å². The number of hydrogen-bond acceptors (Lipinski definition) is 3. The Hall–Kier alpha value is -1.03. The number of methoxy groups -OCH3 is 2. The van der Waals surface area contributed by atoms with E-state index in [4.69, 9.17) is 9.47 Å². The molecule has 0 aliphatic rings. The first-order chi connectivity index (χ1) is 7.22. The minimum Gasteiger partial charge on any atom is -0.496 e. The van der Waals surface area contributed by atoms with Gasteiger partial charge in [-0.05, 0) is 18.6 Å². The van der Waals surface area contributed by atoms with Crippen molar-refractivity contribution in [3.05, 3.63) is 22.2 Å². The van der Waals surface area contributed by atoms with Crippen LogP contribution in [0.25, 0.3) is 0 Å². The minimum atomic E-state index is 0.467. The summed E-state index contributed by atoms with van der Waals surface area (Å²) in [7, 11) is 3.21. The van der Waals surface area contributed by atoms with Crippen LogP contribution >= 0.6 is 15.9 Å². The zero-order valence-electron chi connectivity index (χ0n) is 8.75. The Balaban J connectivity index is 3.11. The second kappa shape index (κ2) is 5.75. The summed E-state index contributed by atoms with van der Waals surface area (Å²) in [6.07, 6.45) is 1.98. The maximum Gasteiger partial charge on any atom is 0.126 e. The van der Waals surface area contributed by atoms with Crippen molar-refractivity contribution in [3.8, 4) is 11.5 Å². The molecule has 0 radical (unpaired) electrons. The number of ether oxygens (including phenoxy) is 2. The Kier molecular flexibility index (Phi) is 4.62. The largest absolute Gasteiger partial charge is 0.496 e. The number of hydrogen-bond donors (Lipinski definition) is 0. The third kappa shape index (κ3) is 2.96. The molecule has 0 bridgehead atoms. The summed E-state index contributed by atoms with van der Waals surface area (Å²) in [6.45, 7) is 0. The molecule has 4 heteroatoms. The summed E-state index contributed by atoms with van der Waals surface area (Å²) in [6, 6.07) is 3.73. The van der Waals surface area contributed by atoms with E-state index in [1.54, 1.807) is 14.2 Å². The third-order valence-corrected chi connectivity index (χ3v) is 2.54. The van der Waals surface area contributed by atoms with Gasteiger partial charge >= 0.3 is 0 Å². The topological polar surface area (TPSA) is 35.5 Å². The van der Waals surface area contributed by atoms with Gasteiger partial charge in [0.05, 0.1) is 14.2 Å². The van der Waals surface area contributed by atoms with E-state index in [1.165, 1.54) is 0 Å². The maximum atomic E-state index is 10.4. The summed E-state index contributed by atoms with van der Waals surface area (Å²) < 4.78 is 11.4. The highest BCUT2D eigenvalue weighted by Crippen LogP contribution is 2.33. The van der Waals surface area contributed by atoms with Crippen LogP contribution < -0.4 is 9.47 Å². The first-order valence-electron chi connectivity index (χ1n) is 4.57. The first-order valence-corrected chi connectivity index (χ1v) is 5.36. The molecule has 82 valence electrons. The molecule has 0 atom stereocenters. The molecule has 0 heterocycles. The molecule has 1 aromatic rings. The smallest absolute Gasteiger partial charge is 0.126 e. The lowest BCUT2D eigenvalue weighted by Crippen LogP contribution is -1.97. The molecule has 0 saturated heterocycles. The van der Waals surface area contributed by atoms with E-state index in [0.29, 0.717) is 12.8 Å². The highest BCUT2D eigenvalue weighted by molar-refractivity contribution is 9.10. The minimum absolute atomic E-state index is 0.467. The number of benzene rings is 1. The van der Waals surface area contributed by atoms with Gasteiger partial charge < -0.3 is 14.3 Å². The van der Waals surface area contributed by atoms with Gasteiger partial charge in [-0.2, -0.15) is 0 Å². The van der Waals surface area contributed by atoms with Crippen molar-refractivity contribution in [2.75, 3.05) is 14.2 Å². The van der Waals surface area contributed by atoms with E-state index in [-0.39, 0.29) is 0 Å². The molecule has 1 rings (SSSR count). The van der Waals surface area contributed by atoms with Crippen molar-refractivity contribution < 1.29 is 14.3 Å². The van der Waals surface area contributed by atoms with Crippen LogP contribution in [0.1, 0.15) is 12.0 Å². The quantitative estimate of drug-likeness (QED) is 0.773. The SMILES string of the molecule is COc1cc(Br)cc(OC)c1CCC=O. The number of carbonyl (C=O) groups is 1. The van der Waals surface area contributed by atoms with Crippen molar-refractivity contribution in [1.29, 1.82) is 0 Å². The Morgan fingerprint density at radius 1 is 1.27 bits per heavy atom. The molecule has 0 saturated carbocycles. The lowest BCUT2D eigenvalue weighted by molar-refractivity contribution is -0.107. The van der Waals surface area contributed by atoms with Crippen molar-refractivity contribution in [2.45, 2.75) is 12.8 Å². The standard InChI is InChI=1S/C11H13BrO3/c1-14-10-6-8(12)7-11(15-2)9(10)4-3-5-13/h5-7H,3-4H2,1-2H3. The molecule has 0 fully saturated rings. The van der Waals surface area contributed by atoms with Crippen molar-refractivity contribution >= 4 is 22.2 Å². The lowest BCUT2D eigenvalue weighted by Gasteiger charge is -2.12. The van der Waals surface area contributed by atoms with Crippen LogP contribution in [0.4, 0.5) is 0 Å². The predicted molar refractivity (Wildman–Crippen MR) is 61.6 cm³/mol. The van der Waals surface area contributed by atoms with Gasteiger partial charge in [-0.15, -0.1) is 0 Å². The zero-order chi connectivity index (χ0) is 11.3. The fraction of sp³-hybridized carbons (Fsp3) is 0.364. The summed E-state index contributed by atoms with van der Waals surface area (Å²) in [5.41, 5.74) is 0.926. The second-order valence-electron chi connectivity index (χ2n) is 2.99. The van der Waals surface area contributed by atoms with Gasteiger partial charge in [0.2, 0.25) is 0 Å². The monoisotopic (exact) mass is 272 g/mol. The molecule has 0 N–H and O–H groups in total. The van der Waals surface area contributed by atoms with Crippen molar-refractivity contribution in [2.24, 2.45) is 0 Å². The third-order valence-electron chi connectivity index (χ3n) is 2.08. The van der Waals surface area contributed by atoms with Crippen LogP contribution in [0.2, 0.25) is 0 Å². The van der Waals surface area contributed by atoms with Crippen molar-refractivity contribution in [3.63, 3.8) is 0 Å². The second-order valence-corrected chi connectivity index (χ2v) is 3.91. The molecule has 0 aromatic heterocycles. The molecule has 0 aliphatic heterocycles. The van der Waals surface area contributed by atoms with Crippen molar-refractivity contribution in [1.82, 2.24) is 0 Å². The summed E-state index contributed by atoms with van der Waals surface area (Å²) in [4.78, 5) is 10.4. The fourth-order valence-electron chi connectivity index (χ4n) is 1.40. The maximum absolute atomic E-state index is 10.4. The Morgan fingerprint density at radius 3 is 2.20 bits per heavy atom. The summed E-state index contributed by atoms with van der Waals surface area (Å²) in [5, 5.41) is 0. The molecular weight excluding hydrogens is 260 g/mol. The fourth-order valence-corrected chi connectivity index (χ4v) is 1.82. The Labute approximate surface area is 97.5 Å². The first kappa shape index (κ1) is 12.0. The summed E-state index contributed by atoms with van der Waals surface area (Å²) in [5.74, 6) is 1.48. The van der Waals surface area contributed by atoms with Gasteiger partial charge in [0.1, 0.15) is 17.8 Å². The normalized spacial score (nSPS) is 9.80. The van der Waals surface area contributed by atoms with Gasteiger partial charge in [-0.3, -0.25) is 0 Å². The number of carbonyl (C=O) groups excluding carboxylic acids is 1. The molecule has 3 nitrogen and oxygen atoms in total. The molecule has 15 heavy (non-hydrogen) atoms. The molecule has 0 amide bonds. The van der Waals surface area contributed by atoms with Gasteiger partial charge in [0, 0.05) is 16.5 Å². The highest BCUT2D eigenvalue weighted by Gasteiger charge is 2.11. The highest BCUT2D eigenvalue weighted by atomic mass is 79.9. The van der Waals surface area contributed by atoms with E-state index in [0.717, 1.165) is 27.8 Å². The van der Waals surface area contributed by atoms with Crippen LogP contribution in [0, 0.1) is 0 Å². The molecule has 0 unspecified atom stereocenters. The number of halogens is 1. The Morgan fingerprint density at radius 2 is 1.80 bits per heavy atom. The van der Waals surface area contributed by atoms with Crippen LogP contribution in [-0.2, 0) is 11.2 Å². The van der Waals surface area contributed by atoms with Gasteiger partial charge in [-0.25, -0.2) is 0 Å². The van der Waals surface area contributed by atoms with Crippen LogP contribution in [0.3, 0.4) is 0 Å². The van der Waals surface area contributed by atoms with E-state index in [9.17, 15) is 4.79 Å². The van der Waals surface area contributed by atoms with E-state index in [1.807, 2.05) is 12.1 Å². The van der Waals surface area contributed by atoms with E-state index in [2.05, 4.69) is 15.9 Å². The zero-order valence-corrected chi connectivity index (χ0v) is 10.3. The average molecular weight is 273 g/mol.